The van der Waals surface area contributed by atoms with Crippen LogP contribution in [0.15, 0.2) is 16.6 Å². The van der Waals surface area contributed by atoms with Gasteiger partial charge in [-0.2, -0.15) is 13.2 Å². The van der Waals surface area contributed by atoms with E-state index in [1.54, 1.807) is 0 Å². The van der Waals surface area contributed by atoms with Crippen molar-refractivity contribution in [3.05, 3.63) is 11.6 Å². The molecule has 1 aliphatic rings. The van der Waals surface area contributed by atoms with Gasteiger partial charge in [-0.3, -0.25) is 4.99 Å². The number of aliphatic imine (C=N–C) groups is 1. The number of aliphatic hydroxyl groups is 1. The van der Waals surface area contributed by atoms with Crippen LogP contribution in [0, 0.1) is 0 Å². The highest BCUT2D eigenvalue weighted by Crippen LogP contribution is 2.29. The van der Waals surface area contributed by atoms with Gasteiger partial charge in [-0.1, -0.05) is 0 Å². The zero-order chi connectivity index (χ0) is 8.48. The topological polar surface area (TPSA) is 32.6 Å². The van der Waals surface area contributed by atoms with Crippen molar-refractivity contribution in [1.82, 2.24) is 0 Å². The molecule has 0 spiro atoms. The molecular formula is C6H6F3NO. The Morgan fingerprint density at radius 3 is 2.55 bits per heavy atom. The maximum Gasteiger partial charge on any atom is 0.412 e. The van der Waals surface area contributed by atoms with Gasteiger partial charge in [0.15, 0.2) is 0 Å². The summed E-state index contributed by atoms with van der Waals surface area (Å²) in [5, 5.41) is 8.70. The Morgan fingerprint density at radius 1 is 1.55 bits per heavy atom. The first-order valence-electron chi connectivity index (χ1n) is 2.98. The van der Waals surface area contributed by atoms with Crippen LogP contribution in [0.1, 0.15) is 6.42 Å². The Morgan fingerprint density at radius 2 is 2.18 bits per heavy atom. The summed E-state index contributed by atoms with van der Waals surface area (Å²) in [6, 6.07) is 0. The molecule has 1 atom stereocenters. The Kier molecular flexibility index (Phi) is 1.99. The van der Waals surface area contributed by atoms with Crippen molar-refractivity contribution in [3.8, 4) is 0 Å². The van der Waals surface area contributed by atoms with Crippen LogP contribution in [-0.4, -0.2) is 23.7 Å². The monoisotopic (exact) mass is 165 g/mol. The highest BCUT2D eigenvalue weighted by molar-refractivity contribution is 5.73. The first-order chi connectivity index (χ1) is 5.00. The molecule has 0 aliphatic carbocycles. The molecule has 11 heavy (non-hydrogen) atoms. The van der Waals surface area contributed by atoms with E-state index in [0.29, 0.717) is 0 Å². The van der Waals surface area contributed by atoms with Crippen LogP contribution in [0.2, 0.25) is 0 Å². The van der Waals surface area contributed by atoms with E-state index in [2.05, 4.69) is 4.99 Å². The molecule has 1 heterocycles. The summed E-state index contributed by atoms with van der Waals surface area (Å²) in [5.74, 6) is 0. The second-order valence-electron chi connectivity index (χ2n) is 2.17. The Balaban J connectivity index is 2.75. The maximum atomic E-state index is 11.9. The number of hydrogen-bond acceptors (Lipinski definition) is 2. The van der Waals surface area contributed by atoms with E-state index in [0.717, 1.165) is 12.3 Å². The van der Waals surface area contributed by atoms with Crippen LogP contribution in [0.4, 0.5) is 13.2 Å². The zero-order valence-electron chi connectivity index (χ0n) is 5.47. The van der Waals surface area contributed by atoms with Crippen molar-refractivity contribution in [2.45, 2.75) is 18.8 Å². The zero-order valence-corrected chi connectivity index (χ0v) is 5.47. The fourth-order valence-electron chi connectivity index (χ4n) is 0.760. The number of alkyl halides is 3. The number of dihydropyridines is 1. The number of halogens is 3. The van der Waals surface area contributed by atoms with E-state index in [1.165, 1.54) is 0 Å². The Hall–Kier alpha value is -0.840. The van der Waals surface area contributed by atoms with Crippen LogP contribution in [-0.2, 0) is 0 Å². The molecule has 0 aromatic rings. The predicted molar refractivity (Wildman–Crippen MR) is 33.3 cm³/mol. The van der Waals surface area contributed by atoms with Crippen molar-refractivity contribution in [1.29, 1.82) is 0 Å². The molecule has 0 radical (unpaired) electrons. The summed E-state index contributed by atoms with van der Waals surface area (Å²) in [6.07, 6.45) is -4.19. The summed E-state index contributed by atoms with van der Waals surface area (Å²) < 4.78 is 35.6. The number of rotatable bonds is 0. The SMILES string of the molecule is OC1CC(C(F)(F)F)=CC=N1. The first-order valence-corrected chi connectivity index (χ1v) is 2.98. The summed E-state index contributed by atoms with van der Waals surface area (Å²) >= 11 is 0. The molecule has 62 valence electrons. The number of nitrogens with zero attached hydrogens (tertiary/aromatic N) is 1. The van der Waals surface area contributed by atoms with Gasteiger partial charge in [0, 0.05) is 18.2 Å². The van der Waals surface area contributed by atoms with Gasteiger partial charge in [0.1, 0.15) is 6.23 Å². The molecule has 5 heteroatoms. The third-order valence-electron chi connectivity index (χ3n) is 1.30. The fourth-order valence-corrected chi connectivity index (χ4v) is 0.760. The molecule has 0 saturated carbocycles. The molecule has 1 N–H and O–H groups in total. The smallest absolute Gasteiger partial charge is 0.371 e. The van der Waals surface area contributed by atoms with Gasteiger partial charge in [0.25, 0.3) is 0 Å². The van der Waals surface area contributed by atoms with Crippen LogP contribution < -0.4 is 0 Å². The molecule has 0 aromatic carbocycles. The van der Waals surface area contributed by atoms with Gasteiger partial charge in [-0.25, -0.2) is 0 Å². The Labute approximate surface area is 61.1 Å². The van der Waals surface area contributed by atoms with Crippen LogP contribution in [0.25, 0.3) is 0 Å². The average molecular weight is 165 g/mol. The van der Waals surface area contributed by atoms with E-state index in [1.807, 2.05) is 0 Å². The molecule has 1 aliphatic heterocycles. The van der Waals surface area contributed by atoms with Crippen LogP contribution in [0.5, 0.6) is 0 Å². The summed E-state index contributed by atoms with van der Waals surface area (Å²) in [4.78, 5) is 3.35. The maximum absolute atomic E-state index is 11.9. The fraction of sp³-hybridized carbons (Fsp3) is 0.500. The number of allylic oxidation sites excluding steroid dienone is 1. The summed E-state index contributed by atoms with van der Waals surface area (Å²) in [5.41, 5.74) is -0.736. The third-order valence-corrected chi connectivity index (χ3v) is 1.30. The minimum absolute atomic E-state index is 0.444. The normalized spacial score (nSPS) is 25.1. The molecular weight excluding hydrogens is 159 g/mol. The second-order valence-corrected chi connectivity index (χ2v) is 2.17. The molecule has 0 amide bonds. The minimum Gasteiger partial charge on any atom is -0.371 e. The lowest BCUT2D eigenvalue weighted by Crippen LogP contribution is -2.19. The van der Waals surface area contributed by atoms with Crippen molar-refractivity contribution in [2.75, 3.05) is 0 Å². The Bertz CT molecular complexity index is 206. The minimum atomic E-state index is -4.34. The van der Waals surface area contributed by atoms with Crippen molar-refractivity contribution >= 4 is 6.21 Å². The van der Waals surface area contributed by atoms with E-state index in [9.17, 15) is 13.2 Å². The second kappa shape index (κ2) is 2.65. The highest BCUT2D eigenvalue weighted by Gasteiger charge is 2.35. The molecule has 1 rings (SSSR count). The molecule has 0 bridgehead atoms. The lowest BCUT2D eigenvalue weighted by atomic mass is 10.1. The van der Waals surface area contributed by atoms with Gasteiger partial charge in [-0.05, 0) is 6.08 Å². The van der Waals surface area contributed by atoms with Gasteiger partial charge >= 0.3 is 6.18 Å². The van der Waals surface area contributed by atoms with Gasteiger partial charge < -0.3 is 5.11 Å². The lowest BCUT2D eigenvalue weighted by molar-refractivity contribution is -0.0970. The van der Waals surface area contributed by atoms with E-state index < -0.39 is 24.4 Å². The van der Waals surface area contributed by atoms with Crippen LogP contribution in [0.3, 0.4) is 0 Å². The van der Waals surface area contributed by atoms with Gasteiger partial charge in [0.05, 0.1) is 0 Å². The van der Waals surface area contributed by atoms with E-state index in [4.69, 9.17) is 5.11 Å². The highest BCUT2D eigenvalue weighted by atomic mass is 19.4. The average Bonchev–Trinajstić information content (AvgIpc) is 1.86. The van der Waals surface area contributed by atoms with Crippen LogP contribution >= 0.6 is 0 Å². The van der Waals surface area contributed by atoms with E-state index in [-0.39, 0.29) is 0 Å². The van der Waals surface area contributed by atoms with Gasteiger partial charge in [0.2, 0.25) is 0 Å². The van der Waals surface area contributed by atoms with Gasteiger partial charge in [-0.15, -0.1) is 0 Å². The predicted octanol–water partition coefficient (Wildman–Crippen LogP) is 1.27. The molecule has 2 nitrogen and oxygen atoms in total. The van der Waals surface area contributed by atoms with Crippen molar-refractivity contribution in [3.63, 3.8) is 0 Å². The molecule has 1 unspecified atom stereocenters. The summed E-state index contributed by atoms with van der Waals surface area (Å²) in [6.45, 7) is 0. The standard InChI is InChI=1S/C6H6F3NO/c7-6(8,9)4-1-2-10-5(11)3-4/h1-2,5,11H,3H2. The van der Waals surface area contributed by atoms with E-state index >= 15 is 0 Å². The molecule has 0 saturated heterocycles. The largest absolute Gasteiger partial charge is 0.412 e. The third kappa shape index (κ3) is 2.04. The number of aliphatic hydroxyl groups excluding tert-OH is 1. The molecule has 0 fully saturated rings. The lowest BCUT2D eigenvalue weighted by Gasteiger charge is -2.15. The molecule has 0 aromatic heterocycles. The quantitative estimate of drug-likeness (QED) is 0.576. The number of hydrogen-bond donors (Lipinski definition) is 1. The van der Waals surface area contributed by atoms with Crippen molar-refractivity contribution in [2.24, 2.45) is 4.99 Å². The first kappa shape index (κ1) is 8.26. The summed E-state index contributed by atoms with van der Waals surface area (Å²) in [7, 11) is 0. The van der Waals surface area contributed by atoms with Crippen molar-refractivity contribution < 1.29 is 18.3 Å².